The standard InChI is InChI=1S/C36H44N2O2/c39-33(26-40-34-13-11-32(12-14-34)36-22-27-19-28(23-36)21-29(20-27)24-36)25-37-15-17-38(18-16-37)35(30-7-3-1-4-8-30)31-9-5-2-6-10-31/h1-14,27-29,33,35,39H,15-26H2/t27?,28?,29?,33-,36?/m1/s1. The number of nitrogens with zero attached hydrogens (tertiary/aromatic N) is 2. The molecule has 210 valence electrons. The number of hydrogen-bond donors (Lipinski definition) is 1. The molecule has 0 spiro atoms. The van der Waals surface area contributed by atoms with Crippen LogP contribution in [-0.4, -0.2) is 60.3 Å². The summed E-state index contributed by atoms with van der Waals surface area (Å²) in [7, 11) is 0. The van der Waals surface area contributed by atoms with E-state index in [9.17, 15) is 5.11 Å². The predicted octanol–water partition coefficient (Wildman–Crippen LogP) is 6.30. The fraction of sp³-hybridized carbons (Fsp3) is 0.500. The SMILES string of the molecule is O[C@@H](COc1ccc(C23CC4CC(CC(C4)C2)C3)cc1)CN1CCN(C(c2ccccc2)c2ccccc2)CC1. The second kappa shape index (κ2) is 11.3. The van der Waals surface area contributed by atoms with Crippen molar-refractivity contribution >= 4 is 0 Å². The van der Waals surface area contributed by atoms with Crippen molar-refractivity contribution in [2.24, 2.45) is 17.8 Å². The van der Waals surface area contributed by atoms with Crippen LogP contribution in [0.4, 0.5) is 0 Å². The molecular formula is C36H44N2O2. The molecule has 1 aliphatic heterocycles. The van der Waals surface area contributed by atoms with Crippen LogP contribution < -0.4 is 4.74 Å². The summed E-state index contributed by atoms with van der Waals surface area (Å²) < 4.78 is 6.07. The van der Waals surface area contributed by atoms with E-state index in [1.54, 1.807) is 0 Å². The molecular weight excluding hydrogens is 492 g/mol. The summed E-state index contributed by atoms with van der Waals surface area (Å²) >= 11 is 0. The van der Waals surface area contributed by atoms with Gasteiger partial charge in [0.2, 0.25) is 0 Å². The van der Waals surface area contributed by atoms with Gasteiger partial charge in [0.1, 0.15) is 18.5 Å². The van der Waals surface area contributed by atoms with Gasteiger partial charge in [-0.15, -0.1) is 0 Å². The lowest BCUT2D eigenvalue weighted by Gasteiger charge is -2.57. The Morgan fingerprint density at radius 2 is 1.23 bits per heavy atom. The molecule has 5 fully saturated rings. The lowest BCUT2D eigenvalue weighted by molar-refractivity contribution is -0.00522. The van der Waals surface area contributed by atoms with E-state index in [2.05, 4.69) is 94.7 Å². The Morgan fingerprint density at radius 1 is 0.700 bits per heavy atom. The van der Waals surface area contributed by atoms with E-state index < -0.39 is 6.10 Å². The topological polar surface area (TPSA) is 35.9 Å². The Labute approximate surface area is 240 Å². The third-order valence-electron chi connectivity index (χ3n) is 10.4. The van der Waals surface area contributed by atoms with Gasteiger partial charge in [0.15, 0.2) is 0 Å². The van der Waals surface area contributed by atoms with Crippen molar-refractivity contribution in [3.05, 3.63) is 102 Å². The molecule has 4 nitrogen and oxygen atoms in total. The van der Waals surface area contributed by atoms with E-state index in [4.69, 9.17) is 4.74 Å². The highest BCUT2D eigenvalue weighted by Gasteiger charge is 2.51. The first-order chi connectivity index (χ1) is 19.6. The normalized spacial score (nSPS) is 29.1. The molecule has 3 aromatic rings. The maximum Gasteiger partial charge on any atom is 0.119 e. The van der Waals surface area contributed by atoms with Crippen molar-refractivity contribution in [2.75, 3.05) is 39.3 Å². The average Bonchev–Trinajstić information content (AvgIpc) is 2.98. The number of benzene rings is 3. The van der Waals surface area contributed by atoms with Crippen LogP contribution in [0.3, 0.4) is 0 Å². The van der Waals surface area contributed by atoms with Gasteiger partial charge in [-0.05, 0) is 90.5 Å². The molecule has 1 atom stereocenters. The molecule has 0 unspecified atom stereocenters. The van der Waals surface area contributed by atoms with Crippen LogP contribution in [0.25, 0.3) is 0 Å². The summed E-state index contributed by atoms with van der Waals surface area (Å²) in [6.45, 7) is 4.86. The lowest BCUT2D eigenvalue weighted by Crippen LogP contribution is -2.50. The number of ether oxygens (including phenoxy) is 1. The van der Waals surface area contributed by atoms with Crippen molar-refractivity contribution in [3.63, 3.8) is 0 Å². The van der Waals surface area contributed by atoms with E-state index >= 15 is 0 Å². The minimum Gasteiger partial charge on any atom is -0.491 e. The molecule has 0 radical (unpaired) electrons. The summed E-state index contributed by atoms with van der Waals surface area (Å²) in [5.74, 6) is 3.76. The van der Waals surface area contributed by atoms with E-state index in [0.717, 1.165) is 49.7 Å². The summed E-state index contributed by atoms with van der Waals surface area (Å²) in [4.78, 5) is 4.96. The van der Waals surface area contributed by atoms with Gasteiger partial charge >= 0.3 is 0 Å². The number of hydrogen-bond acceptors (Lipinski definition) is 4. The first kappa shape index (κ1) is 26.3. The molecule has 4 bridgehead atoms. The number of β-amino-alcohol motifs (C(OH)–C–C–N with tert-alkyl or cyclic N) is 1. The van der Waals surface area contributed by atoms with E-state index in [1.807, 2.05) is 0 Å². The van der Waals surface area contributed by atoms with Gasteiger partial charge in [0, 0.05) is 32.7 Å². The quantitative estimate of drug-likeness (QED) is 0.348. The second-order valence-electron chi connectivity index (χ2n) is 13.2. The van der Waals surface area contributed by atoms with Crippen LogP contribution in [0, 0.1) is 17.8 Å². The molecule has 4 heteroatoms. The number of aliphatic hydroxyl groups excluding tert-OH is 1. The van der Waals surface area contributed by atoms with Gasteiger partial charge in [-0.25, -0.2) is 0 Å². The van der Waals surface area contributed by atoms with Crippen LogP contribution in [0.5, 0.6) is 5.75 Å². The summed E-state index contributed by atoms with van der Waals surface area (Å²) in [5, 5.41) is 10.8. The van der Waals surface area contributed by atoms with Crippen LogP contribution in [0.15, 0.2) is 84.9 Å². The first-order valence-corrected chi connectivity index (χ1v) is 15.6. The van der Waals surface area contributed by atoms with Gasteiger partial charge in [0.05, 0.1) is 6.04 Å². The fourth-order valence-corrected chi connectivity index (χ4v) is 9.00. The summed E-state index contributed by atoms with van der Waals surface area (Å²) in [6.07, 6.45) is 8.12. The molecule has 1 heterocycles. The van der Waals surface area contributed by atoms with Gasteiger partial charge < -0.3 is 9.84 Å². The van der Waals surface area contributed by atoms with Crippen molar-refractivity contribution < 1.29 is 9.84 Å². The van der Waals surface area contributed by atoms with E-state index in [-0.39, 0.29) is 6.04 Å². The Bertz CT molecular complexity index is 1160. The zero-order valence-electron chi connectivity index (χ0n) is 23.7. The van der Waals surface area contributed by atoms with Crippen LogP contribution in [0.2, 0.25) is 0 Å². The monoisotopic (exact) mass is 536 g/mol. The molecule has 4 saturated carbocycles. The Hall–Kier alpha value is -2.66. The van der Waals surface area contributed by atoms with Gasteiger partial charge in [-0.2, -0.15) is 0 Å². The molecule has 5 aliphatic rings. The van der Waals surface area contributed by atoms with Crippen molar-refractivity contribution in [1.29, 1.82) is 0 Å². The number of piperazine rings is 1. The van der Waals surface area contributed by atoms with Crippen LogP contribution in [-0.2, 0) is 5.41 Å². The highest BCUT2D eigenvalue weighted by atomic mass is 16.5. The molecule has 8 rings (SSSR count). The molecule has 1 N–H and O–H groups in total. The highest BCUT2D eigenvalue weighted by Crippen LogP contribution is 2.60. The maximum absolute atomic E-state index is 10.8. The Morgan fingerprint density at radius 3 is 1.75 bits per heavy atom. The van der Waals surface area contributed by atoms with Crippen molar-refractivity contribution in [3.8, 4) is 5.75 Å². The van der Waals surface area contributed by atoms with E-state index in [0.29, 0.717) is 18.6 Å². The fourth-order valence-electron chi connectivity index (χ4n) is 9.00. The zero-order chi connectivity index (χ0) is 26.9. The molecule has 40 heavy (non-hydrogen) atoms. The minimum atomic E-state index is -0.492. The summed E-state index contributed by atoms with van der Waals surface area (Å²) in [5.41, 5.74) is 4.63. The third kappa shape index (κ3) is 5.46. The molecule has 0 aromatic heterocycles. The number of rotatable bonds is 9. The van der Waals surface area contributed by atoms with E-state index in [1.165, 1.54) is 55.2 Å². The predicted molar refractivity (Wildman–Crippen MR) is 161 cm³/mol. The molecule has 1 saturated heterocycles. The number of aliphatic hydroxyl groups is 1. The highest BCUT2D eigenvalue weighted by molar-refractivity contribution is 5.35. The third-order valence-corrected chi connectivity index (χ3v) is 10.4. The largest absolute Gasteiger partial charge is 0.491 e. The van der Waals surface area contributed by atoms with Gasteiger partial charge in [-0.1, -0.05) is 72.8 Å². The second-order valence-corrected chi connectivity index (χ2v) is 13.2. The lowest BCUT2D eigenvalue weighted by atomic mass is 9.48. The van der Waals surface area contributed by atoms with Crippen LogP contribution in [0.1, 0.15) is 61.3 Å². The van der Waals surface area contributed by atoms with Crippen LogP contribution >= 0.6 is 0 Å². The summed E-state index contributed by atoms with van der Waals surface area (Å²) in [6, 6.07) is 30.9. The van der Waals surface area contributed by atoms with Crippen molar-refractivity contribution in [2.45, 2.75) is 56.1 Å². The maximum atomic E-state index is 10.8. The average molecular weight is 537 g/mol. The minimum absolute atomic E-state index is 0.263. The smallest absolute Gasteiger partial charge is 0.119 e. The first-order valence-electron chi connectivity index (χ1n) is 15.6. The van der Waals surface area contributed by atoms with Crippen molar-refractivity contribution in [1.82, 2.24) is 9.80 Å². The molecule has 0 amide bonds. The Balaban J connectivity index is 0.909. The molecule has 3 aromatic carbocycles. The van der Waals surface area contributed by atoms with Gasteiger partial charge in [0.25, 0.3) is 0 Å². The zero-order valence-corrected chi connectivity index (χ0v) is 23.7. The molecule has 4 aliphatic carbocycles. The van der Waals surface area contributed by atoms with Gasteiger partial charge in [-0.3, -0.25) is 9.80 Å². The Kier molecular flexibility index (Phi) is 7.42.